The molecule has 0 radical (unpaired) electrons. The molecule has 0 aromatic heterocycles. The number of carbonyl (C=O) groups is 1. The summed E-state index contributed by atoms with van der Waals surface area (Å²) in [6.45, 7) is 6.05. The van der Waals surface area contributed by atoms with Gasteiger partial charge >= 0.3 is 0 Å². The first-order valence-corrected chi connectivity index (χ1v) is 10.5. The minimum Gasteiger partial charge on any atom is -0.325 e. The third-order valence-corrected chi connectivity index (χ3v) is 6.50. The highest BCUT2D eigenvalue weighted by Gasteiger charge is 2.19. The molecule has 9 heteroatoms. The normalized spacial score (nSPS) is 11.8. The summed E-state index contributed by atoms with van der Waals surface area (Å²) in [6, 6.07) is 10.5. The molecule has 0 unspecified atom stereocenters. The molecule has 2 aromatic rings. The van der Waals surface area contributed by atoms with Crippen LogP contribution in [0.4, 0.5) is 11.4 Å². The molecule has 7 nitrogen and oxygen atoms in total. The minimum absolute atomic E-state index is 0.0277. The van der Waals surface area contributed by atoms with Gasteiger partial charge in [0.05, 0.1) is 20.5 Å². The number of nitrogens with one attached hydrogen (secondary N) is 1. The summed E-state index contributed by atoms with van der Waals surface area (Å²) in [6.07, 6.45) is 0. The second kappa shape index (κ2) is 8.10. The second-order valence-electron chi connectivity index (χ2n) is 6.73. The number of hydrogen-bond acceptors (Lipinski definition) is 6. The molecular weight excluding hydrogens is 388 g/mol. The molecule has 0 aliphatic heterocycles. The maximum absolute atomic E-state index is 12.6. The van der Waals surface area contributed by atoms with Gasteiger partial charge in [-0.05, 0) is 36.4 Å². The summed E-state index contributed by atoms with van der Waals surface area (Å²) < 4.78 is 25.2. The van der Waals surface area contributed by atoms with Crippen LogP contribution >= 0.6 is 11.8 Å². The fourth-order valence-electron chi connectivity index (χ4n) is 2.08. The van der Waals surface area contributed by atoms with Crippen molar-refractivity contribution in [2.45, 2.75) is 35.3 Å². The summed E-state index contributed by atoms with van der Waals surface area (Å²) in [5, 5.41) is 13.4. The average Bonchev–Trinajstić information content (AvgIpc) is 2.60. The number of nitrogens with zero attached hydrogens (tertiary/aromatic N) is 1. The van der Waals surface area contributed by atoms with Crippen LogP contribution in [0.5, 0.6) is 0 Å². The van der Waals surface area contributed by atoms with E-state index < -0.39 is 14.8 Å². The number of amides is 1. The van der Waals surface area contributed by atoms with Crippen LogP contribution in [-0.4, -0.2) is 29.7 Å². The number of anilines is 1. The van der Waals surface area contributed by atoms with Crippen molar-refractivity contribution in [3.05, 3.63) is 58.6 Å². The Labute approximate surface area is 162 Å². The minimum atomic E-state index is -3.80. The van der Waals surface area contributed by atoms with Crippen molar-refractivity contribution in [2.75, 3.05) is 11.1 Å². The summed E-state index contributed by atoms with van der Waals surface area (Å²) in [4.78, 5) is 22.0. The van der Waals surface area contributed by atoms with Crippen LogP contribution < -0.4 is 5.32 Å². The highest BCUT2D eigenvalue weighted by atomic mass is 32.2. The second-order valence-corrected chi connectivity index (χ2v) is 10.5. The van der Waals surface area contributed by atoms with Crippen LogP contribution in [-0.2, 0) is 14.6 Å². The Kier molecular flexibility index (Phi) is 6.27. The lowest BCUT2D eigenvalue weighted by Crippen LogP contribution is -2.18. The molecule has 0 bridgehead atoms. The van der Waals surface area contributed by atoms with Crippen LogP contribution in [0.3, 0.4) is 0 Å². The Bertz CT molecular complexity index is 931. The van der Waals surface area contributed by atoms with E-state index in [1.165, 1.54) is 48.2 Å². The van der Waals surface area contributed by atoms with Gasteiger partial charge in [0.15, 0.2) is 0 Å². The molecule has 2 rings (SSSR count). The largest absolute Gasteiger partial charge is 0.325 e. The van der Waals surface area contributed by atoms with Gasteiger partial charge in [-0.15, -0.1) is 11.8 Å². The number of thioether (sulfide) groups is 1. The predicted octanol–water partition coefficient (Wildman–Crippen LogP) is 3.90. The topological polar surface area (TPSA) is 106 Å². The Morgan fingerprint density at radius 1 is 1.04 bits per heavy atom. The van der Waals surface area contributed by atoms with Crippen LogP contribution in [0.2, 0.25) is 0 Å². The van der Waals surface area contributed by atoms with Crippen LogP contribution in [0.1, 0.15) is 20.8 Å². The van der Waals surface area contributed by atoms with E-state index in [4.69, 9.17) is 0 Å². The number of benzene rings is 2. The quantitative estimate of drug-likeness (QED) is 0.574. The van der Waals surface area contributed by atoms with E-state index in [0.717, 1.165) is 12.1 Å². The zero-order chi connectivity index (χ0) is 20.2. The first kappa shape index (κ1) is 20.9. The number of nitro benzene ring substituents is 1. The molecule has 0 aliphatic rings. The van der Waals surface area contributed by atoms with Crippen molar-refractivity contribution in [2.24, 2.45) is 0 Å². The number of non-ortho nitro benzene ring substituents is 1. The molecule has 0 fully saturated rings. The Hall–Kier alpha value is -2.39. The van der Waals surface area contributed by atoms with Gasteiger partial charge in [0.1, 0.15) is 0 Å². The van der Waals surface area contributed by atoms with Gasteiger partial charge in [-0.1, -0.05) is 20.8 Å². The first-order chi connectivity index (χ1) is 12.5. The molecule has 1 N–H and O–H groups in total. The van der Waals surface area contributed by atoms with E-state index in [0.29, 0.717) is 11.4 Å². The molecule has 144 valence electrons. The Balaban J connectivity index is 2.11. The van der Waals surface area contributed by atoms with Crippen molar-refractivity contribution >= 4 is 38.9 Å². The highest BCUT2D eigenvalue weighted by molar-refractivity contribution is 8.01. The van der Waals surface area contributed by atoms with Gasteiger partial charge in [-0.25, -0.2) is 8.42 Å². The Morgan fingerprint density at radius 3 is 1.96 bits per heavy atom. The first-order valence-electron chi connectivity index (χ1n) is 8.02. The fraction of sp³-hybridized carbons (Fsp3) is 0.278. The maximum atomic E-state index is 12.6. The molecule has 0 aliphatic carbocycles. The van der Waals surface area contributed by atoms with Gasteiger partial charge in [-0.2, -0.15) is 0 Å². The van der Waals surface area contributed by atoms with Crippen molar-refractivity contribution in [1.29, 1.82) is 0 Å². The number of sulfone groups is 1. The lowest BCUT2D eigenvalue weighted by Gasteiger charge is -2.17. The fourth-order valence-corrected chi connectivity index (χ4v) is 3.98. The third kappa shape index (κ3) is 5.80. The molecule has 0 spiro atoms. The number of carbonyl (C=O) groups excluding carboxylic acids is 1. The summed E-state index contributed by atoms with van der Waals surface area (Å²) >= 11 is 1.51. The van der Waals surface area contributed by atoms with Crippen LogP contribution in [0.25, 0.3) is 0 Å². The summed E-state index contributed by atoms with van der Waals surface area (Å²) in [5.41, 5.74) is 0.317. The van der Waals surface area contributed by atoms with Gasteiger partial charge in [0, 0.05) is 22.6 Å². The molecule has 0 saturated heterocycles. The monoisotopic (exact) mass is 408 g/mol. The summed E-state index contributed by atoms with van der Waals surface area (Å²) in [5.74, 6) is 0.132. The van der Waals surface area contributed by atoms with Crippen molar-refractivity contribution in [3.8, 4) is 0 Å². The van der Waals surface area contributed by atoms with E-state index >= 15 is 0 Å². The average molecular weight is 409 g/mol. The van der Waals surface area contributed by atoms with E-state index in [2.05, 4.69) is 5.32 Å². The SMILES string of the molecule is CC(C)(C)SCC(=O)Nc1ccc(S(=O)(=O)c2ccc([N+](=O)[O-])cc2)cc1. The summed E-state index contributed by atoms with van der Waals surface area (Å²) in [7, 11) is -3.80. The van der Waals surface area contributed by atoms with Crippen molar-refractivity contribution in [3.63, 3.8) is 0 Å². The molecular formula is C18H20N2O5S2. The van der Waals surface area contributed by atoms with E-state index in [1.807, 2.05) is 20.8 Å². The van der Waals surface area contributed by atoms with Gasteiger partial charge in [0.25, 0.3) is 5.69 Å². The van der Waals surface area contributed by atoms with E-state index in [1.54, 1.807) is 0 Å². The molecule has 2 aromatic carbocycles. The van der Waals surface area contributed by atoms with E-state index in [9.17, 15) is 23.3 Å². The number of rotatable bonds is 6. The van der Waals surface area contributed by atoms with E-state index in [-0.39, 0.29) is 26.1 Å². The van der Waals surface area contributed by atoms with Crippen LogP contribution in [0.15, 0.2) is 58.3 Å². The third-order valence-electron chi connectivity index (χ3n) is 3.44. The lowest BCUT2D eigenvalue weighted by molar-refractivity contribution is -0.384. The van der Waals surface area contributed by atoms with Gasteiger partial charge in [-0.3, -0.25) is 14.9 Å². The molecule has 1 amide bonds. The van der Waals surface area contributed by atoms with Crippen molar-refractivity contribution < 1.29 is 18.1 Å². The standard InChI is InChI=1S/C18H20N2O5S2/c1-18(2,3)26-12-17(21)19-13-4-8-15(9-5-13)27(24,25)16-10-6-14(7-11-16)20(22)23/h4-11H,12H2,1-3H3,(H,19,21). The molecule has 27 heavy (non-hydrogen) atoms. The lowest BCUT2D eigenvalue weighted by atomic mass is 10.3. The van der Waals surface area contributed by atoms with Gasteiger partial charge in [0.2, 0.25) is 15.7 Å². The van der Waals surface area contributed by atoms with Crippen molar-refractivity contribution in [1.82, 2.24) is 0 Å². The molecule has 0 heterocycles. The zero-order valence-electron chi connectivity index (χ0n) is 15.1. The van der Waals surface area contributed by atoms with Gasteiger partial charge < -0.3 is 5.32 Å². The molecule has 0 saturated carbocycles. The number of nitro groups is 1. The highest BCUT2D eigenvalue weighted by Crippen LogP contribution is 2.25. The Morgan fingerprint density at radius 2 is 1.52 bits per heavy atom. The number of hydrogen-bond donors (Lipinski definition) is 1. The zero-order valence-corrected chi connectivity index (χ0v) is 16.8. The molecule has 0 atom stereocenters. The van der Waals surface area contributed by atoms with Crippen LogP contribution in [0, 0.1) is 10.1 Å². The predicted molar refractivity (Wildman–Crippen MR) is 106 cm³/mol. The maximum Gasteiger partial charge on any atom is 0.269 e. The smallest absolute Gasteiger partial charge is 0.269 e.